The van der Waals surface area contributed by atoms with Crippen molar-refractivity contribution >= 4 is 0 Å². The number of methoxy groups -OCH3 is 4. The summed E-state index contributed by atoms with van der Waals surface area (Å²) in [6.45, 7) is 0. The first-order valence-corrected chi connectivity index (χ1v) is 24.2. The molecule has 0 radical (unpaired) electrons. The van der Waals surface area contributed by atoms with Crippen LogP contribution in [0.4, 0.5) is 0 Å². The van der Waals surface area contributed by atoms with Crippen LogP contribution in [0.25, 0.3) is 44.5 Å². The van der Waals surface area contributed by atoms with Crippen LogP contribution in [-0.2, 0) is 21.7 Å². The number of hydrogen-bond acceptors (Lipinski definition) is 4. The molecule has 0 aromatic heterocycles. The van der Waals surface area contributed by atoms with E-state index < -0.39 is 0 Å². The molecule has 20 bridgehead atoms. The van der Waals surface area contributed by atoms with Crippen LogP contribution in [0.2, 0.25) is 0 Å². The van der Waals surface area contributed by atoms with Crippen molar-refractivity contribution < 1.29 is 18.9 Å². The van der Waals surface area contributed by atoms with Gasteiger partial charge >= 0.3 is 0 Å². The predicted molar refractivity (Wildman–Crippen MR) is 257 cm³/mol. The van der Waals surface area contributed by atoms with Gasteiger partial charge < -0.3 is 18.9 Å². The van der Waals surface area contributed by atoms with E-state index in [1.54, 1.807) is 0 Å². The Balaban J connectivity index is 1.01. The summed E-state index contributed by atoms with van der Waals surface area (Å²) in [4.78, 5) is 0. The van der Waals surface area contributed by atoms with E-state index in [1.807, 2.05) is 28.4 Å². The Bertz CT molecular complexity index is 2430. The molecular formula is C60H60O4. The fraction of sp³-hybridized carbons (Fsp3) is 0.400. The maximum absolute atomic E-state index is 6.14. The number of rotatable bonds is 4. The Morgan fingerprint density at radius 3 is 0.734 bits per heavy atom. The highest BCUT2D eigenvalue weighted by molar-refractivity contribution is 5.79. The van der Waals surface area contributed by atoms with Gasteiger partial charge in [0.1, 0.15) is 23.0 Å². The summed E-state index contributed by atoms with van der Waals surface area (Å²) in [7, 11) is 7.29. The number of hydrogen-bond donors (Lipinski definition) is 0. The van der Waals surface area contributed by atoms with E-state index in [4.69, 9.17) is 18.9 Å². The smallest absolute Gasteiger partial charge is 0.126 e. The van der Waals surface area contributed by atoms with Gasteiger partial charge in [-0.15, -0.1) is 0 Å². The van der Waals surface area contributed by atoms with Crippen molar-refractivity contribution in [2.75, 3.05) is 28.4 Å². The molecule has 6 aromatic rings. The average Bonchev–Trinajstić information content (AvgIpc) is 3.32. The van der Waals surface area contributed by atoms with Crippen LogP contribution < -0.4 is 18.9 Å². The van der Waals surface area contributed by atoms with Gasteiger partial charge in [-0.2, -0.15) is 0 Å². The Kier molecular flexibility index (Phi) is 8.52. The van der Waals surface area contributed by atoms with E-state index in [9.17, 15) is 0 Å². The quantitative estimate of drug-likeness (QED) is 0.177. The summed E-state index contributed by atoms with van der Waals surface area (Å²) in [5.74, 6) is 6.66. The van der Waals surface area contributed by atoms with Gasteiger partial charge in [0.25, 0.3) is 0 Å². The monoisotopic (exact) mass is 844 g/mol. The topological polar surface area (TPSA) is 36.9 Å². The van der Waals surface area contributed by atoms with Gasteiger partial charge in [0.15, 0.2) is 0 Å². The third-order valence-corrected chi connectivity index (χ3v) is 18.4. The van der Waals surface area contributed by atoms with E-state index in [0.29, 0.717) is 0 Å². The Labute approximate surface area is 379 Å². The van der Waals surface area contributed by atoms with Crippen molar-refractivity contribution in [3.8, 4) is 67.5 Å². The minimum absolute atomic E-state index is 0.134. The van der Waals surface area contributed by atoms with Crippen LogP contribution in [0.15, 0.2) is 121 Å². The highest BCUT2D eigenvalue weighted by Crippen LogP contribution is 2.68. The second-order valence-electron chi connectivity index (χ2n) is 21.9. The molecule has 18 rings (SSSR count). The Morgan fingerprint density at radius 2 is 0.531 bits per heavy atom. The molecule has 8 saturated carbocycles. The largest absolute Gasteiger partial charge is 0.496 e. The van der Waals surface area contributed by atoms with Gasteiger partial charge in [0.2, 0.25) is 0 Å². The van der Waals surface area contributed by atoms with Crippen LogP contribution in [0, 0.1) is 23.7 Å². The van der Waals surface area contributed by atoms with Crippen molar-refractivity contribution in [1.29, 1.82) is 0 Å². The van der Waals surface area contributed by atoms with Crippen molar-refractivity contribution in [3.63, 3.8) is 0 Å². The van der Waals surface area contributed by atoms with E-state index in [-0.39, 0.29) is 21.7 Å². The van der Waals surface area contributed by atoms with Gasteiger partial charge in [-0.3, -0.25) is 0 Å². The van der Waals surface area contributed by atoms with Crippen LogP contribution in [0.5, 0.6) is 23.0 Å². The van der Waals surface area contributed by atoms with E-state index >= 15 is 0 Å². The zero-order chi connectivity index (χ0) is 43.0. The molecular weight excluding hydrogens is 785 g/mol. The minimum atomic E-state index is 0.134. The first-order valence-electron chi connectivity index (χ1n) is 24.2. The molecule has 0 N–H and O–H groups in total. The molecule has 0 unspecified atom stereocenters. The lowest BCUT2D eigenvalue weighted by atomic mass is 9.41. The van der Waals surface area contributed by atoms with Crippen molar-refractivity contribution in [2.24, 2.45) is 23.7 Å². The van der Waals surface area contributed by atoms with Gasteiger partial charge in [-0.05, 0) is 215 Å². The van der Waals surface area contributed by atoms with Crippen molar-refractivity contribution in [1.82, 2.24) is 0 Å². The summed E-state index contributed by atoms with van der Waals surface area (Å²) >= 11 is 0. The molecule has 0 heterocycles. The zero-order valence-corrected chi connectivity index (χ0v) is 38.0. The minimum Gasteiger partial charge on any atom is -0.496 e. The molecule has 0 aliphatic heterocycles. The van der Waals surface area contributed by atoms with Crippen LogP contribution in [-0.4, -0.2) is 28.4 Å². The summed E-state index contributed by atoms with van der Waals surface area (Å²) in [5.41, 5.74) is 16.0. The summed E-state index contributed by atoms with van der Waals surface area (Å²) in [6, 6.07) is 47.2. The summed E-state index contributed by atoms with van der Waals surface area (Å²) in [6.07, 6.45) is 15.2. The fourth-order valence-corrected chi connectivity index (χ4v) is 16.6. The molecule has 0 saturated heterocycles. The van der Waals surface area contributed by atoms with Gasteiger partial charge in [-0.25, -0.2) is 0 Å². The van der Waals surface area contributed by atoms with Gasteiger partial charge in [-0.1, -0.05) is 72.8 Å². The normalized spacial score (nSPS) is 30.9. The van der Waals surface area contributed by atoms with Crippen LogP contribution in [0.3, 0.4) is 0 Å². The van der Waals surface area contributed by atoms with Crippen LogP contribution >= 0.6 is 0 Å². The molecule has 8 fully saturated rings. The second-order valence-corrected chi connectivity index (χ2v) is 21.9. The third-order valence-electron chi connectivity index (χ3n) is 18.4. The third kappa shape index (κ3) is 5.72. The van der Waals surface area contributed by atoms with E-state index in [0.717, 1.165) is 46.7 Å². The highest BCUT2D eigenvalue weighted by atomic mass is 16.5. The molecule has 324 valence electrons. The standard InChI is InChI=1S/C60H60O4/c1-61-53-17-13-45-23-49(53)41-5-7-42(8-6-41)50-24-47(15-18-54(50)62-2)59-31-39-22-40(32-59)34-60(33-39,36-59)48-16-20-56(64-4)52(26-48)44-11-9-43(10-12-44)51-25-46(14-19-55(51)63-3)58-29-37-21-38(30-58)28-57(45,27-37)35-58/h5-20,23-26,37-40H,21-22,27-36H2,1-4H3. The molecule has 12 aliphatic carbocycles. The molecule has 4 spiro atoms. The maximum Gasteiger partial charge on any atom is 0.126 e. The van der Waals surface area contributed by atoms with Gasteiger partial charge in [0.05, 0.1) is 28.4 Å². The molecule has 0 amide bonds. The SMILES string of the molecule is COc1ccc2cc1-c1ccc(cc1)-c1cc(ccc1OC)C13CC4CC(C1)CC(C4)(C3)c1ccc(OC)c(c1)-c1ccc(cc1)-c1cc(ccc1OC)C13CC4CC(CC2(C4)C1)C3. The summed E-state index contributed by atoms with van der Waals surface area (Å²) in [5, 5.41) is 0. The zero-order valence-electron chi connectivity index (χ0n) is 38.0. The molecule has 64 heavy (non-hydrogen) atoms. The lowest BCUT2D eigenvalue weighted by molar-refractivity contribution is -0.0282. The predicted octanol–water partition coefficient (Wildman–Crippen LogP) is 14.3. The number of benzene rings is 6. The molecule has 6 aromatic carbocycles. The number of ether oxygens (including phenoxy) is 4. The molecule has 12 aliphatic rings. The van der Waals surface area contributed by atoms with Crippen molar-refractivity contribution in [3.05, 3.63) is 144 Å². The second kappa shape index (κ2) is 14.0. The first-order chi connectivity index (χ1) is 31.2. The van der Waals surface area contributed by atoms with E-state index in [1.165, 1.54) is 144 Å². The van der Waals surface area contributed by atoms with Gasteiger partial charge in [0, 0.05) is 22.3 Å². The van der Waals surface area contributed by atoms with Crippen LogP contribution in [0.1, 0.15) is 99.3 Å². The Hall–Kier alpha value is -5.48. The molecule has 4 heteroatoms. The molecule has 0 atom stereocenters. The Morgan fingerprint density at radius 1 is 0.312 bits per heavy atom. The lowest BCUT2D eigenvalue weighted by Gasteiger charge is -2.63. The first kappa shape index (κ1) is 38.9. The highest BCUT2D eigenvalue weighted by Gasteiger charge is 2.60. The maximum atomic E-state index is 6.14. The summed E-state index contributed by atoms with van der Waals surface area (Å²) < 4.78 is 24.6. The van der Waals surface area contributed by atoms with E-state index in [2.05, 4.69) is 121 Å². The fourth-order valence-electron chi connectivity index (χ4n) is 16.6. The molecule has 4 nitrogen and oxygen atoms in total. The van der Waals surface area contributed by atoms with Crippen molar-refractivity contribution in [2.45, 2.75) is 98.7 Å². The average molecular weight is 845 g/mol. The lowest BCUT2D eigenvalue weighted by Crippen LogP contribution is -2.56.